The molecule has 0 amide bonds. The fourth-order valence-corrected chi connectivity index (χ4v) is 2.36. The maximum Gasteiger partial charge on any atom is 0.127 e. The molecule has 0 aliphatic heterocycles. The molecule has 1 aromatic heterocycles. The summed E-state index contributed by atoms with van der Waals surface area (Å²) in [6, 6.07) is 9.96. The van der Waals surface area contributed by atoms with Gasteiger partial charge < -0.3 is 19.2 Å². The third-order valence-corrected chi connectivity index (χ3v) is 3.64. The van der Waals surface area contributed by atoms with E-state index in [9.17, 15) is 0 Å². The Labute approximate surface area is 131 Å². The van der Waals surface area contributed by atoms with Crippen LogP contribution in [-0.4, -0.2) is 39.8 Å². The molecule has 5 nitrogen and oxygen atoms in total. The van der Waals surface area contributed by atoms with E-state index >= 15 is 0 Å². The van der Waals surface area contributed by atoms with Crippen molar-refractivity contribution in [1.82, 2.24) is 10.2 Å². The molecule has 0 bridgehead atoms. The van der Waals surface area contributed by atoms with Crippen LogP contribution in [0.5, 0.6) is 11.5 Å². The molecule has 0 aliphatic rings. The quantitative estimate of drug-likeness (QED) is 0.812. The maximum atomic E-state index is 5.51. The highest BCUT2D eigenvalue weighted by Crippen LogP contribution is 2.24. The predicted octanol–water partition coefficient (Wildman–Crippen LogP) is 2.69. The van der Waals surface area contributed by atoms with Crippen molar-refractivity contribution in [2.24, 2.45) is 0 Å². The lowest BCUT2D eigenvalue weighted by molar-refractivity contribution is 0.250. The van der Waals surface area contributed by atoms with Crippen molar-refractivity contribution in [2.75, 3.05) is 34.9 Å². The third kappa shape index (κ3) is 4.02. The van der Waals surface area contributed by atoms with Crippen LogP contribution in [-0.2, 0) is 6.54 Å². The van der Waals surface area contributed by atoms with E-state index in [0.717, 1.165) is 35.9 Å². The van der Waals surface area contributed by atoms with Crippen LogP contribution >= 0.6 is 0 Å². The van der Waals surface area contributed by atoms with E-state index in [1.54, 1.807) is 20.5 Å². The van der Waals surface area contributed by atoms with Crippen molar-refractivity contribution in [2.45, 2.75) is 12.6 Å². The Hall–Kier alpha value is -1.98. The normalized spacial score (nSPS) is 12.4. The number of nitrogens with zero attached hydrogens (tertiary/aromatic N) is 1. The van der Waals surface area contributed by atoms with Crippen molar-refractivity contribution in [3.63, 3.8) is 0 Å². The van der Waals surface area contributed by atoms with Crippen LogP contribution in [0.1, 0.15) is 17.4 Å². The first-order chi connectivity index (χ1) is 10.7. The maximum absolute atomic E-state index is 5.51. The number of benzene rings is 1. The second-order valence-corrected chi connectivity index (χ2v) is 5.30. The SMILES string of the molecule is COc1ccc(CNCC(c2ccco2)N(C)C)c(OC)c1. The summed E-state index contributed by atoms with van der Waals surface area (Å²) in [5.74, 6) is 2.58. The van der Waals surface area contributed by atoms with Crippen molar-refractivity contribution in [1.29, 1.82) is 0 Å². The van der Waals surface area contributed by atoms with Crippen LogP contribution in [0.3, 0.4) is 0 Å². The number of methoxy groups -OCH3 is 2. The molecular formula is C17H24N2O3. The lowest BCUT2D eigenvalue weighted by atomic mass is 10.1. The molecule has 2 rings (SSSR count). The van der Waals surface area contributed by atoms with Gasteiger partial charge in [-0.05, 0) is 32.3 Å². The number of rotatable bonds is 8. The van der Waals surface area contributed by atoms with Gasteiger partial charge in [0.15, 0.2) is 0 Å². The topological polar surface area (TPSA) is 46.9 Å². The van der Waals surface area contributed by atoms with Crippen LogP contribution in [0.15, 0.2) is 41.0 Å². The van der Waals surface area contributed by atoms with Gasteiger partial charge >= 0.3 is 0 Å². The number of nitrogens with one attached hydrogen (secondary N) is 1. The zero-order valence-corrected chi connectivity index (χ0v) is 13.6. The highest BCUT2D eigenvalue weighted by molar-refractivity contribution is 5.40. The van der Waals surface area contributed by atoms with Crippen LogP contribution in [0, 0.1) is 0 Å². The largest absolute Gasteiger partial charge is 0.497 e. The second-order valence-electron chi connectivity index (χ2n) is 5.30. The monoisotopic (exact) mass is 304 g/mol. The summed E-state index contributed by atoms with van der Waals surface area (Å²) in [7, 11) is 7.41. The summed E-state index contributed by atoms with van der Waals surface area (Å²) in [6.45, 7) is 1.51. The van der Waals surface area contributed by atoms with Gasteiger partial charge in [0.25, 0.3) is 0 Å². The molecule has 0 radical (unpaired) electrons. The molecular weight excluding hydrogens is 280 g/mol. The molecule has 5 heteroatoms. The smallest absolute Gasteiger partial charge is 0.127 e. The van der Waals surface area contributed by atoms with Gasteiger partial charge in [0.2, 0.25) is 0 Å². The minimum absolute atomic E-state index is 0.194. The first kappa shape index (κ1) is 16.4. The zero-order valence-electron chi connectivity index (χ0n) is 13.6. The van der Waals surface area contributed by atoms with E-state index in [0.29, 0.717) is 0 Å². The molecule has 1 aromatic carbocycles. The number of ether oxygens (including phenoxy) is 2. The predicted molar refractivity (Wildman–Crippen MR) is 86.4 cm³/mol. The Morgan fingerprint density at radius 3 is 2.59 bits per heavy atom. The summed E-state index contributed by atoms with van der Waals surface area (Å²) in [5.41, 5.74) is 1.10. The molecule has 0 aliphatic carbocycles. The van der Waals surface area contributed by atoms with E-state index in [1.807, 2.05) is 44.4 Å². The Kier molecular flexibility index (Phi) is 5.86. The summed E-state index contributed by atoms with van der Waals surface area (Å²) >= 11 is 0. The number of furan rings is 1. The van der Waals surface area contributed by atoms with E-state index < -0.39 is 0 Å². The minimum atomic E-state index is 0.194. The summed E-state index contributed by atoms with van der Waals surface area (Å²) in [4.78, 5) is 2.14. The summed E-state index contributed by atoms with van der Waals surface area (Å²) < 4.78 is 16.1. The van der Waals surface area contributed by atoms with Gasteiger partial charge in [-0.15, -0.1) is 0 Å². The molecule has 1 N–H and O–H groups in total. The van der Waals surface area contributed by atoms with E-state index in [4.69, 9.17) is 13.9 Å². The molecule has 0 saturated heterocycles. The van der Waals surface area contributed by atoms with Crippen LogP contribution in [0.2, 0.25) is 0 Å². The Morgan fingerprint density at radius 2 is 2.00 bits per heavy atom. The standard InChI is InChI=1S/C17H24N2O3/c1-19(2)15(16-6-5-9-22-16)12-18-11-13-7-8-14(20-3)10-17(13)21-4/h5-10,15,18H,11-12H2,1-4H3. The van der Waals surface area contributed by atoms with E-state index in [2.05, 4.69) is 10.2 Å². The second kappa shape index (κ2) is 7.87. The van der Waals surface area contributed by atoms with Gasteiger partial charge in [0, 0.05) is 24.7 Å². The van der Waals surface area contributed by atoms with Crippen LogP contribution in [0.4, 0.5) is 0 Å². The Bertz CT molecular complexity index is 567. The zero-order chi connectivity index (χ0) is 15.9. The van der Waals surface area contributed by atoms with E-state index in [1.165, 1.54) is 0 Å². The average Bonchev–Trinajstić information content (AvgIpc) is 3.05. The lowest BCUT2D eigenvalue weighted by Crippen LogP contribution is -2.30. The Morgan fingerprint density at radius 1 is 1.18 bits per heavy atom. The van der Waals surface area contributed by atoms with Gasteiger partial charge in [0.1, 0.15) is 17.3 Å². The molecule has 0 saturated carbocycles. The fraction of sp³-hybridized carbons (Fsp3) is 0.412. The summed E-state index contributed by atoms with van der Waals surface area (Å²) in [6.07, 6.45) is 1.71. The van der Waals surface area contributed by atoms with Crippen molar-refractivity contribution < 1.29 is 13.9 Å². The van der Waals surface area contributed by atoms with Gasteiger partial charge in [-0.25, -0.2) is 0 Å². The first-order valence-electron chi connectivity index (χ1n) is 7.27. The fourth-order valence-electron chi connectivity index (χ4n) is 2.36. The lowest BCUT2D eigenvalue weighted by Gasteiger charge is -2.23. The van der Waals surface area contributed by atoms with Crippen molar-refractivity contribution in [3.8, 4) is 11.5 Å². The molecule has 1 atom stereocenters. The average molecular weight is 304 g/mol. The Balaban J connectivity index is 1.98. The number of hydrogen-bond acceptors (Lipinski definition) is 5. The molecule has 2 aromatic rings. The van der Waals surface area contributed by atoms with Crippen molar-refractivity contribution in [3.05, 3.63) is 47.9 Å². The minimum Gasteiger partial charge on any atom is -0.497 e. The highest BCUT2D eigenvalue weighted by atomic mass is 16.5. The molecule has 1 heterocycles. The molecule has 0 fully saturated rings. The summed E-state index contributed by atoms with van der Waals surface area (Å²) in [5, 5.41) is 3.46. The van der Waals surface area contributed by atoms with Crippen LogP contribution in [0.25, 0.3) is 0 Å². The number of hydrogen-bond donors (Lipinski definition) is 1. The molecule has 0 spiro atoms. The first-order valence-corrected chi connectivity index (χ1v) is 7.27. The molecule has 1 unspecified atom stereocenters. The molecule has 22 heavy (non-hydrogen) atoms. The third-order valence-electron chi connectivity index (χ3n) is 3.64. The van der Waals surface area contributed by atoms with Gasteiger partial charge in [-0.1, -0.05) is 6.07 Å². The van der Waals surface area contributed by atoms with Gasteiger partial charge in [-0.3, -0.25) is 4.90 Å². The number of likely N-dealkylation sites (N-methyl/N-ethyl adjacent to an activating group) is 1. The van der Waals surface area contributed by atoms with Crippen molar-refractivity contribution >= 4 is 0 Å². The molecule has 120 valence electrons. The van der Waals surface area contributed by atoms with E-state index in [-0.39, 0.29) is 6.04 Å². The van der Waals surface area contributed by atoms with Crippen LogP contribution < -0.4 is 14.8 Å². The van der Waals surface area contributed by atoms with Gasteiger partial charge in [0.05, 0.1) is 26.5 Å². The van der Waals surface area contributed by atoms with Gasteiger partial charge in [-0.2, -0.15) is 0 Å². The highest BCUT2D eigenvalue weighted by Gasteiger charge is 2.16.